The summed E-state index contributed by atoms with van der Waals surface area (Å²) in [6, 6.07) is 7.20. The Hall–Kier alpha value is -2.37. The molecule has 2 rings (SSSR count). The minimum Gasteiger partial charge on any atom is -0.338 e. The number of nitrogens with zero attached hydrogens (tertiary/aromatic N) is 2. The Morgan fingerprint density at radius 3 is 2.80 bits per heavy atom. The standard InChI is InChI=1S/C14H17FN4O/c1-11(10-19-8-2-7-17-19)9-16-14(20)18-13-5-3-12(15)4-6-13/h2-8,11H,9-10H2,1H3,(H2,16,18,20)/t11-/m1/s1. The molecule has 0 saturated carbocycles. The van der Waals surface area contributed by atoms with E-state index in [4.69, 9.17) is 0 Å². The average molecular weight is 276 g/mol. The van der Waals surface area contributed by atoms with Crippen molar-refractivity contribution >= 4 is 11.7 Å². The molecule has 0 aliphatic rings. The highest BCUT2D eigenvalue weighted by molar-refractivity contribution is 5.89. The van der Waals surface area contributed by atoms with Gasteiger partial charge in [-0.3, -0.25) is 4.68 Å². The zero-order chi connectivity index (χ0) is 14.4. The monoisotopic (exact) mass is 276 g/mol. The van der Waals surface area contributed by atoms with Gasteiger partial charge in [0.2, 0.25) is 0 Å². The third-order valence-electron chi connectivity index (χ3n) is 2.77. The fourth-order valence-electron chi connectivity index (χ4n) is 1.77. The molecule has 2 aromatic rings. The Morgan fingerprint density at radius 2 is 2.15 bits per heavy atom. The summed E-state index contributed by atoms with van der Waals surface area (Å²) in [5.74, 6) is -0.0716. The molecule has 2 N–H and O–H groups in total. The van der Waals surface area contributed by atoms with Crippen LogP contribution in [0.25, 0.3) is 0 Å². The second-order valence-electron chi connectivity index (χ2n) is 4.68. The number of aromatic nitrogens is 2. The molecule has 1 aromatic heterocycles. The summed E-state index contributed by atoms with van der Waals surface area (Å²) in [5, 5.41) is 9.53. The van der Waals surface area contributed by atoms with Crippen molar-refractivity contribution in [2.75, 3.05) is 11.9 Å². The fourth-order valence-corrected chi connectivity index (χ4v) is 1.77. The first-order valence-corrected chi connectivity index (χ1v) is 6.41. The van der Waals surface area contributed by atoms with Crippen molar-refractivity contribution in [1.29, 1.82) is 0 Å². The van der Waals surface area contributed by atoms with Gasteiger partial charge in [-0.25, -0.2) is 9.18 Å². The number of nitrogens with one attached hydrogen (secondary N) is 2. The van der Waals surface area contributed by atoms with E-state index in [1.54, 1.807) is 6.20 Å². The van der Waals surface area contributed by atoms with Gasteiger partial charge in [-0.1, -0.05) is 6.92 Å². The van der Waals surface area contributed by atoms with Gasteiger partial charge in [0.15, 0.2) is 0 Å². The van der Waals surface area contributed by atoms with Gasteiger partial charge in [0, 0.05) is 31.2 Å². The maximum Gasteiger partial charge on any atom is 0.319 e. The summed E-state index contributed by atoms with van der Waals surface area (Å²) < 4.78 is 14.5. The number of carbonyl (C=O) groups excluding carboxylic acids is 1. The van der Waals surface area contributed by atoms with Crippen molar-refractivity contribution in [3.63, 3.8) is 0 Å². The molecule has 0 aliphatic heterocycles. The highest BCUT2D eigenvalue weighted by Crippen LogP contribution is 2.07. The summed E-state index contributed by atoms with van der Waals surface area (Å²) >= 11 is 0. The third-order valence-corrected chi connectivity index (χ3v) is 2.77. The zero-order valence-corrected chi connectivity index (χ0v) is 11.2. The SMILES string of the molecule is C[C@H](CNC(=O)Nc1ccc(F)cc1)Cn1cccn1. The molecule has 0 bridgehead atoms. The van der Waals surface area contributed by atoms with Crippen molar-refractivity contribution in [2.24, 2.45) is 5.92 Å². The molecule has 1 heterocycles. The maximum atomic E-state index is 12.7. The molecule has 106 valence electrons. The highest BCUT2D eigenvalue weighted by Gasteiger charge is 2.06. The maximum absolute atomic E-state index is 12.7. The van der Waals surface area contributed by atoms with E-state index in [1.807, 2.05) is 23.9 Å². The van der Waals surface area contributed by atoms with Crippen LogP contribution in [0.5, 0.6) is 0 Å². The summed E-state index contributed by atoms with van der Waals surface area (Å²) in [7, 11) is 0. The van der Waals surface area contributed by atoms with Crippen molar-refractivity contribution in [3.8, 4) is 0 Å². The lowest BCUT2D eigenvalue weighted by molar-refractivity contribution is 0.249. The van der Waals surface area contributed by atoms with Crippen LogP contribution < -0.4 is 10.6 Å². The van der Waals surface area contributed by atoms with Gasteiger partial charge in [-0.2, -0.15) is 5.10 Å². The number of urea groups is 1. The van der Waals surface area contributed by atoms with Crippen LogP contribution in [-0.4, -0.2) is 22.4 Å². The Labute approximate surface area is 116 Å². The van der Waals surface area contributed by atoms with Crippen LogP contribution >= 0.6 is 0 Å². The number of anilines is 1. The molecule has 0 aliphatic carbocycles. The van der Waals surface area contributed by atoms with Crippen LogP contribution in [0.15, 0.2) is 42.7 Å². The van der Waals surface area contributed by atoms with E-state index in [9.17, 15) is 9.18 Å². The van der Waals surface area contributed by atoms with E-state index >= 15 is 0 Å². The van der Waals surface area contributed by atoms with Gasteiger partial charge in [-0.15, -0.1) is 0 Å². The van der Waals surface area contributed by atoms with Crippen LogP contribution in [0, 0.1) is 11.7 Å². The van der Waals surface area contributed by atoms with Gasteiger partial charge in [-0.05, 0) is 36.2 Å². The zero-order valence-electron chi connectivity index (χ0n) is 11.2. The molecular formula is C14H17FN4O. The molecular weight excluding hydrogens is 259 g/mol. The van der Waals surface area contributed by atoms with E-state index in [0.717, 1.165) is 6.54 Å². The number of hydrogen-bond donors (Lipinski definition) is 2. The van der Waals surface area contributed by atoms with E-state index in [-0.39, 0.29) is 17.8 Å². The van der Waals surface area contributed by atoms with Crippen LogP contribution in [-0.2, 0) is 6.54 Å². The first kappa shape index (κ1) is 14.0. The summed E-state index contributed by atoms with van der Waals surface area (Å²) in [6.45, 7) is 3.30. The van der Waals surface area contributed by atoms with Crippen LogP contribution in [0.4, 0.5) is 14.9 Å². The van der Waals surface area contributed by atoms with Crippen molar-refractivity contribution in [1.82, 2.24) is 15.1 Å². The molecule has 1 aromatic carbocycles. The van der Waals surface area contributed by atoms with Gasteiger partial charge < -0.3 is 10.6 Å². The van der Waals surface area contributed by atoms with Crippen LogP contribution in [0.2, 0.25) is 0 Å². The van der Waals surface area contributed by atoms with E-state index < -0.39 is 0 Å². The Balaban J connectivity index is 1.73. The number of halogens is 1. The predicted octanol–water partition coefficient (Wildman–Crippen LogP) is 2.48. The van der Waals surface area contributed by atoms with Gasteiger partial charge in [0.05, 0.1) is 0 Å². The quantitative estimate of drug-likeness (QED) is 0.881. The molecule has 5 nitrogen and oxygen atoms in total. The minimum atomic E-state index is -0.330. The predicted molar refractivity (Wildman–Crippen MR) is 74.8 cm³/mol. The van der Waals surface area contributed by atoms with Crippen molar-refractivity contribution < 1.29 is 9.18 Å². The molecule has 2 amide bonds. The van der Waals surface area contributed by atoms with Crippen LogP contribution in [0.3, 0.4) is 0 Å². The Morgan fingerprint density at radius 1 is 1.40 bits per heavy atom. The largest absolute Gasteiger partial charge is 0.338 e. The molecule has 6 heteroatoms. The molecule has 0 radical (unpaired) electrons. The van der Waals surface area contributed by atoms with E-state index in [1.165, 1.54) is 24.3 Å². The lowest BCUT2D eigenvalue weighted by atomic mass is 10.2. The molecule has 0 fully saturated rings. The van der Waals surface area contributed by atoms with Crippen LogP contribution in [0.1, 0.15) is 6.92 Å². The lowest BCUT2D eigenvalue weighted by Gasteiger charge is -2.13. The van der Waals surface area contributed by atoms with Crippen molar-refractivity contribution in [2.45, 2.75) is 13.5 Å². The Kier molecular flexibility index (Phi) is 4.70. The first-order chi connectivity index (χ1) is 9.63. The molecule has 0 spiro atoms. The Bertz CT molecular complexity index is 539. The molecule has 1 atom stereocenters. The highest BCUT2D eigenvalue weighted by atomic mass is 19.1. The van der Waals surface area contributed by atoms with Gasteiger partial charge in [0.25, 0.3) is 0 Å². The average Bonchev–Trinajstić information content (AvgIpc) is 2.92. The van der Waals surface area contributed by atoms with E-state index in [2.05, 4.69) is 15.7 Å². The second-order valence-corrected chi connectivity index (χ2v) is 4.68. The van der Waals surface area contributed by atoms with Gasteiger partial charge >= 0.3 is 6.03 Å². The summed E-state index contributed by atoms with van der Waals surface area (Å²) in [5.41, 5.74) is 0.559. The minimum absolute atomic E-state index is 0.258. The lowest BCUT2D eigenvalue weighted by Crippen LogP contribution is -2.33. The fraction of sp³-hybridized carbons (Fsp3) is 0.286. The summed E-state index contributed by atoms with van der Waals surface area (Å²) in [4.78, 5) is 11.7. The normalized spacial score (nSPS) is 11.9. The summed E-state index contributed by atoms with van der Waals surface area (Å²) in [6.07, 6.45) is 3.61. The number of carbonyl (C=O) groups is 1. The second kappa shape index (κ2) is 6.70. The van der Waals surface area contributed by atoms with E-state index in [0.29, 0.717) is 12.2 Å². The third kappa shape index (κ3) is 4.38. The molecule has 20 heavy (non-hydrogen) atoms. The number of rotatable bonds is 5. The number of amides is 2. The topological polar surface area (TPSA) is 59.0 Å². The number of benzene rings is 1. The first-order valence-electron chi connectivity index (χ1n) is 6.41. The molecule has 0 saturated heterocycles. The van der Waals surface area contributed by atoms with Crippen molar-refractivity contribution in [3.05, 3.63) is 48.5 Å². The smallest absolute Gasteiger partial charge is 0.319 e. The molecule has 0 unspecified atom stereocenters. The number of hydrogen-bond acceptors (Lipinski definition) is 2. The van der Waals surface area contributed by atoms with Gasteiger partial charge in [0.1, 0.15) is 5.82 Å².